The summed E-state index contributed by atoms with van der Waals surface area (Å²) in [5.74, 6) is -3.40. The van der Waals surface area contributed by atoms with Crippen LogP contribution < -0.4 is 0 Å². The number of ether oxygens (including phenoxy) is 4. The van der Waals surface area contributed by atoms with Crippen molar-refractivity contribution < 1.29 is 54.1 Å². The first kappa shape index (κ1) is 26.3. The smallest absolute Gasteiger partial charge is 0.334 e. The topological polar surface area (TPSA) is 172 Å². The van der Waals surface area contributed by atoms with Crippen LogP contribution in [0.2, 0.25) is 0 Å². The summed E-state index contributed by atoms with van der Waals surface area (Å²) >= 11 is 0. The zero-order valence-electron chi connectivity index (χ0n) is 19.5. The molecule has 3 aliphatic rings. The molecule has 2 aliphatic heterocycles. The normalized spacial score (nSPS) is 38.2. The van der Waals surface area contributed by atoms with E-state index >= 15 is 0 Å². The van der Waals surface area contributed by atoms with E-state index in [4.69, 9.17) is 18.9 Å². The van der Waals surface area contributed by atoms with Gasteiger partial charge >= 0.3 is 11.9 Å². The van der Waals surface area contributed by atoms with Crippen LogP contribution in [0.15, 0.2) is 48.2 Å². The molecule has 1 saturated heterocycles. The number of aliphatic hydroxyl groups is 4. The number of hydrogen-bond acceptors (Lipinski definition) is 10. The molecule has 11 heteroatoms. The van der Waals surface area contributed by atoms with Crippen molar-refractivity contribution in [1.82, 2.24) is 0 Å². The molecule has 196 valence electrons. The van der Waals surface area contributed by atoms with Gasteiger partial charge < -0.3 is 44.5 Å². The Hall–Kier alpha value is -2.80. The van der Waals surface area contributed by atoms with E-state index in [1.807, 2.05) is 6.07 Å². The molecule has 2 heterocycles. The number of carbonyl (C=O) groups is 2. The molecule has 1 aromatic rings. The summed E-state index contributed by atoms with van der Waals surface area (Å²) in [7, 11) is 0. The van der Waals surface area contributed by atoms with Crippen molar-refractivity contribution in [3.63, 3.8) is 0 Å². The van der Waals surface area contributed by atoms with E-state index in [0.717, 1.165) is 17.9 Å². The number of carboxylic acids is 1. The average Bonchev–Trinajstić information content (AvgIpc) is 3.18. The number of aliphatic hydroxyl groups excluding tert-OH is 3. The molecule has 36 heavy (non-hydrogen) atoms. The lowest BCUT2D eigenvalue weighted by Gasteiger charge is -2.44. The number of fused-ring (bicyclic) bond motifs is 1. The predicted octanol–water partition coefficient (Wildman–Crippen LogP) is 0.169. The highest BCUT2D eigenvalue weighted by Gasteiger charge is 2.56. The lowest BCUT2D eigenvalue weighted by atomic mass is 9.81. The molecule has 0 bridgehead atoms. The first-order chi connectivity index (χ1) is 17.1. The summed E-state index contributed by atoms with van der Waals surface area (Å²) < 4.78 is 22.4. The van der Waals surface area contributed by atoms with Crippen molar-refractivity contribution in [1.29, 1.82) is 0 Å². The summed E-state index contributed by atoms with van der Waals surface area (Å²) in [6, 6.07) is 8.94. The first-order valence-electron chi connectivity index (χ1n) is 11.6. The average molecular weight is 507 g/mol. The van der Waals surface area contributed by atoms with Crippen LogP contribution in [0.25, 0.3) is 6.08 Å². The molecule has 0 aromatic heterocycles. The maximum absolute atomic E-state index is 12.5. The van der Waals surface area contributed by atoms with Crippen molar-refractivity contribution in [2.24, 2.45) is 11.8 Å². The SMILES string of the molecule is C[C@]1(O)CC[C@@H]2C(C(=O)O)=CO[C@@H](O[C@@H]3O[C@H](CO)[C@@H](O)[C@H](O)[C@H]3OC(=O)/C=C/c3ccccc3)[C@@H]21. The minimum absolute atomic E-state index is 0.0000869. The Bertz CT molecular complexity index is 1000. The third-order valence-electron chi connectivity index (χ3n) is 6.94. The van der Waals surface area contributed by atoms with E-state index in [0.29, 0.717) is 12.8 Å². The molecule has 11 nitrogen and oxygen atoms in total. The van der Waals surface area contributed by atoms with Gasteiger partial charge in [0, 0.05) is 12.0 Å². The molecule has 2 fully saturated rings. The minimum Gasteiger partial charge on any atom is -0.478 e. The number of carboxylic acid groups (broad SMARTS) is 1. The number of carbonyl (C=O) groups excluding carboxylic acids is 1. The molecule has 1 aliphatic carbocycles. The predicted molar refractivity (Wildman–Crippen MR) is 122 cm³/mol. The molecular formula is C25H30O11. The second kappa shape index (κ2) is 10.7. The van der Waals surface area contributed by atoms with Crippen LogP contribution in [0.1, 0.15) is 25.3 Å². The highest BCUT2D eigenvalue weighted by Crippen LogP contribution is 2.49. The zero-order chi connectivity index (χ0) is 26.0. The maximum Gasteiger partial charge on any atom is 0.334 e. The van der Waals surface area contributed by atoms with E-state index in [1.54, 1.807) is 31.2 Å². The van der Waals surface area contributed by atoms with Gasteiger partial charge in [0.25, 0.3) is 0 Å². The van der Waals surface area contributed by atoms with Crippen LogP contribution in [0.5, 0.6) is 0 Å². The van der Waals surface area contributed by atoms with Gasteiger partial charge in [-0.05, 0) is 31.4 Å². The number of esters is 1. The molecule has 0 radical (unpaired) electrons. The molecule has 5 N–H and O–H groups in total. The van der Waals surface area contributed by atoms with Crippen LogP contribution in [0.3, 0.4) is 0 Å². The third kappa shape index (κ3) is 5.31. The van der Waals surface area contributed by atoms with Gasteiger partial charge in [-0.15, -0.1) is 0 Å². The van der Waals surface area contributed by atoms with Crippen molar-refractivity contribution in [2.75, 3.05) is 6.61 Å². The monoisotopic (exact) mass is 506 g/mol. The largest absolute Gasteiger partial charge is 0.478 e. The Kier molecular flexibility index (Phi) is 7.79. The Morgan fingerprint density at radius 2 is 1.89 bits per heavy atom. The lowest BCUT2D eigenvalue weighted by molar-refractivity contribution is -0.346. The van der Waals surface area contributed by atoms with Gasteiger partial charge in [0.05, 0.1) is 30.0 Å². The zero-order valence-corrected chi connectivity index (χ0v) is 19.5. The van der Waals surface area contributed by atoms with Crippen LogP contribution in [0, 0.1) is 11.8 Å². The van der Waals surface area contributed by atoms with Crippen LogP contribution in [0.4, 0.5) is 0 Å². The highest BCUT2D eigenvalue weighted by molar-refractivity contribution is 5.87. The van der Waals surface area contributed by atoms with Crippen molar-refractivity contribution in [2.45, 2.75) is 62.4 Å². The van der Waals surface area contributed by atoms with E-state index in [2.05, 4.69) is 0 Å². The van der Waals surface area contributed by atoms with E-state index in [9.17, 15) is 35.1 Å². The molecule has 1 saturated carbocycles. The summed E-state index contributed by atoms with van der Waals surface area (Å²) in [4.78, 5) is 24.2. The number of hydrogen-bond donors (Lipinski definition) is 5. The molecule has 0 amide bonds. The minimum atomic E-state index is -1.68. The van der Waals surface area contributed by atoms with Crippen molar-refractivity contribution in [3.05, 3.63) is 53.8 Å². The van der Waals surface area contributed by atoms with Crippen molar-refractivity contribution in [3.8, 4) is 0 Å². The molecular weight excluding hydrogens is 476 g/mol. The van der Waals surface area contributed by atoms with E-state index in [1.165, 1.54) is 6.08 Å². The quantitative estimate of drug-likeness (QED) is 0.252. The fourth-order valence-electron chi connectivity index (χ4n) is 5.02. The first-order valence-corrected chi connectivity index (χ1v) is 11.6. The van der Waals surface area contributed by atoms with Crippen LogP contribution >= 0.6 is 0 Å². The van der Waals surface area contributed by atoms with Gasteiger partial charge in [0.2, 0.25) is 12.6 Å². The molecule has 1 aromatic carbocycles. The standard InChI is InChI=1S/C25H30O11/c1-25(32)10-9-14-15(22(30)31)12-33-23(18(14)25)36-24-21(20(29)19(28)16(11-26)34-24)35-17(27)8-7-13-5-3-2-4-6-13/h2-8,12,14,16,18-21,23-24,26,28-29,32H,9-11H2,1H3,(H,30,31)/b8-7+/t14-,16-,18-,19-,20+,21-,23+,24+,25+/m1/s1. The Morgan fingerprint density at radius 1 is 1.17 bits per heavy atom. The Morgan fingerprint density at radius 3 is 2.56 bits per heavy atom. The molecule has 9 atom stereocenters. The fraction of sp³-hybridized carbons (Fsp3) is 0.520. The second-order valence-corrected chi connectivity index (χ2v) is 9.40. The van der Waals surface area contributed by atoms with Gasteiger partial charge in [-0.25, -0.2) is 9.59 Å². The van der Waals surface area contributed by atoms with Gasteiger partial charge in [0.15, 0.2) is 6.10 Å². The van der Waals surface area contributed by atoms with E-state index in [-0.39, 0.29) is 5.57 Å². The Balaban J connectivity index is 1.55. The van der Waals surface area contributed by atoms with Gasteiger partial charge in [-0.3, -0.25) is 0 Å². The number of aliphatic carboxylic acids is 1. The summed E-state index contributed by atoms with van der Waals surface area (Å²) in [6.45, 7) is 0.885. The van der Waals surface area contributed by atoms with Gasteiger partial charge in [-0.1, -0.05) is 30.3 Å². The lowest BCUT2D eigenvalue weighted by Crippen LogP contribution is -2.61. The third-order valence-corrected chi connectivity index (χ3v) is 6.94. The summed E-state index contributed by atoms with van der Waals surface area (Å²) in [5.41, 5.74) is -0.605. The molecule has 0 unspecified atom stereocenters. The molecule has 0 spiro atoms. The van der Waals surface area contributed by atoms with Gasteiger partial charge in [-0.2, -0.15) is 0 Å². The van der Waals surface area contributed by atoms with Gasteiger partial charge in [0.1, 0.15) is 18.3 Å². The van der Waals surface area contributed by atoms with E-state index < -0.39 is 73.0 Å². The second-order valence-electron chi connectivity index (χ2n) is 9.40. The van der Waals surface area contributed by atoms with Crippen molar-refractivity contribution >= 4 is 18.0 Å². The Labute approximate surface area is 207 Å². The van der Waals surface area contributed by atoms with Crippen LogP contribution in [-0.2, 0) is 28.5 Å². The summed E-state index contributed by atoms with van der Waals surface area (Å²) in [5, 5.41) is 51.1. The fourth-order valence-corrected chi connectivity index (χ4v) is 5.02. The highest BCUT2D eigenvalue weighted by atomic mass is 16.8. The number of benzene rings is 1. The summed E-state index contributed by atoms with van der Waals surface area (Å²) in [6.07, 6.45) is -4.38. The van der Waals surface area contributed by atoms with Crippen LogP contribution in [-0.4, -0.2) is 86.7 Å². The molecule has 4 rings (SSSR count). The maximum atomic E-state index is 12.5. The number of rotatable bonds is 7.